The van der Waals surface area contributed by atoms with Gasteiger partial charge in [0.1, 0.15) is 6.29 Å². The second-order valence-electron chi connectivity index (χ2n) is 6.39. The number of hydrogen-bond acceptors (Lipinski definition) is 1. The molecule has 17 heavy (non-hydrogen) atoms. The highest BCUT2D eigenvalue weighted by Gasteiger charge is 2.30. The van der Waals surface area contributed by atoms with Crippen LogP contribution in [0, 0.1) is 23.7 Å². The van der Waals surface area contributed by atoms with Gasteiger partial charge in [-0.1, -0.05) is 45.4 Å². The third kappa shape index (κ3) is 3.56. The van der Waals surface area contributed by atoms with E-state index in [9.17, 15) is 4.79 Å². The molecule has 0 aromatic rings. The molecule has 98 valence electrons. The molecule has 0 aromatic heterocycles. The maximum Gasteiger partial charge on any atom is 0.123 e. The maximum atomic E-state index is 10.9. The Morgan fingerprint density at radius 2 is 1.76 bits per heavy atom. The third-order valence-electron chi connectivity index (χ3n) is 5.20. The molecule has 0 aromatic carbocycles. The molecule has 1 nitrogen and oxygen atoms in total. The van der Waals surface area contributed by atoms with Crippen molar-refractivity contribution in [3.63, 3.8) is 0 Å². The van der Waals surface area contributed by atoms with E-state index in [0.717, 1.165) is 24.2 Å². The average molecular weight is 236 g/mol. The summed E-state index contributed by atoms with van der Waals surface area (Å²) >= 11 is 0. The van der Waals surface area contributed by atoms with Gasteiger partial charge in [-0.3, -0.25) is 0 Å². The molecule has 2 aliphatic carbocycles. The zero-order chi connectivity index (χ0) is 12.1. The summed E-state index contributed by atoms with van der Waals surface area (Å²) in [6.07, 6.45) is 14.9. The lowest BCUT2D eigenvalue weighted by Crippen LogP contribution is -2.27. The number of aldehydes is 1. The van der Waals surface area contributed by atoms with Crippen LogP contribution in [0.25, 0.3) is 0 Å². The van der Waals surface area contributed by atoms with Crippen LogP contribution in [0.5, 0.6) is 0 Å². The van der Waals surface area contributed by atoms with Gasteiger partial charge in [0.15, 0.2) is 0 Å². The first-order chi connectivity index (χ1) is 8.33. The van der Waals surface area contributed by atoms with E-state index in [1.54, 1.807) is 0 Å². The number of carbonyl (C=O) groups is 1. The van der Waals surface area contributed by atoms with Crippen molar-refractivity contribution in [3.8, 4) is 0 Å². The Bertz CT molecular complexity index is 228. The van der Waals surface area contributed by atoms with Gasteiger partial charge in [0.25, 0.3) is 0 Å². The number of carbonyl (C=O) groups excluding carboxylic acids is 1. The van der Waals surface area contributed by atoms with E-state index in [0.29, 0.717) is 5.92 Å². The molecule has 2 rings (SSSR count). The minimum atomic E-state index is 0.391. The highest BCUT2D eigenvalue weighted by Crippen LogP contribution is 2.41. The smallest absolute Gasteiger partial charge is 0.123 e. The molecule has 2 unspecified atom stereocenters. The van der Waals surface area contributed by atoms with Crippen molar-refractivity contribution >= 4 is 6.29 Å². The first kappa shape index (κ1) is 13.1. The molecule has 0 heterocycles. The summed E-state index contributed by atoms with van der Waals surface area (Å²) in [4.78, 5) is 10.9. The summed E-state index contributed by atoms with van der Waals surface area (Å²) in [6.45, 7) is 2.31. The second-order valence-corrected chi connectivity index (χ2v) is 6.39. The highest BCUT2D eigenvalue weighted by atomic mass is 16.1. The Labute approximate surface area is 106 Å². The van der Waals surface area contributed by atoms with Crippen LogP contribution in [0.4, 0.5) is 0 Å². The quantitative estimate of drug-likeness (QED) is 0.652. The van der Waals surface area contributed by atoms with E-state index in [1.807, 2.05) is 0 Å². The number of hydrogen-bond donors (Lipinski definition) is 0. The van der Waals surface area contributed by atoms with Crippen LogP contribution >= 0.6 is 0 Å². The van der Waals surface area contributed by atoms with E-state index in [-0.39, 0.29) is 0 Å². The molecule has 1 heteroatoms. The van der Waals surface area contributed by atoms with Crippen LogP contribution in [0.2, 0.25) is 0 Å². The summed E-state index contributed by atoms with van der Waals surface area (Å²) < 4.78 is 0. The van der Waals surface area contributed by atoms with Crippen molar-refractivity contribution in [2.24, 2.45) is 23.7 Å². The third-order valence-corrected chi connectivity index (χ3v) is 5.20. The molecule has 0 spiro atoms. The Morgan fingerprint density at radius 1 is 1.00 bits per heavy atom. The van der Waals surface area contributed by atoms with Gasteiger partial charge in [-0.25, -0.2) is 0 Å². The molecule has 2 aliphatic rings. The van der Waals surface area contributed by atoms with Crippen molar-refractivity contribution < 1.29 is 4.79 Å². The van der Waals surface area contributed by atoms with Crippen molar-refractivity contribution in [2.45, 2.75) is 71.1 Å². The van der Waals surface area contributed by atoms with Gasteiger partial charge >= 0.3 is 0 Å². The molecule has 0 bridgehead atoms. The molecule has 2 saturated carbocycles. The lowest BCUT2D eigenvalue weighted by molar-refractivity contribution is -0.112. The topological polar surface area (TPSA) is 17.1 Å². The van der Waals surface area contributed by atoms with Crippen LogP contribution in [-0.2, 0) is 4.79 Å². The molecule has 0 amide bonds. The lowest BCUT2D eigenvalue weighted by atomic mass is 9.68. The maximum absolute atomic E-state index is 10.9. The van der Waals surface area contributed by atoms with Gasteiger partial charge in [-0.05, 0) is 43.4 Å². The predicted molar refractivity (Wildman–Crippen MR) is 71.9 cm³/mol. The highest BCUT2D eigenvalue weighted by molar-refractivity contribution is 5.53. The summed E-state index contributed by atoms with van der Waals surface area (Å²) in [5.74, 6) is 3.23. The van der Waals surface area contributed by atoms with E-state index < -0.39 is 0 Å². The molecule has 0 saturated heterocycles. The molecule has 2 fully saturated rings. The van der Waals surface area contributed by atoms with Crippen LogP contribution < -0.4 is 0 Å². The van der Waals surface area contributed by atoms with Crippen LogP contribution in [0.15, 0.2) is 0 Å². The molecule has 0 N–H and O–H groups in total. The Morgan fingerprint density at radius 3 is 2.41 bits per heavy atom. The fourth-order valence-corrected chi connectivity index (χ4v) is 4.18. The molecular weight excluding hydrogens is 208 g/mol. The van der Waals surface area contributed by atoms with Gasteiger partial charge in [0, 0.05) is 5.92 Å². The Balaban J connectivity index is 1.77. The van der Waals surface area contributed by atoms with Crippen molar-refractivity contribution in [3.05, 3.63) is 0 Å². The minimum Gasteiger partial charge on any atom is -0.303 e. The minimum absolute atomic E-state index is 0.391. The van der Waals surface area contributed by atoms with Gasteiger partial charge in [-0.15, -0.1) is 0 Å². The molecular formula is C16H28O. The van der Waals surface area contributed by atoms with Gasteiger partial charge in [0.05, 0.1) is 0 Å². The Hall–Kier alpha value is -0.330. The van der Waals surface area contributed by atoms with Crippen molar-refractivity contribution in [2.75, 3.05) is 0 Å². The van der Waals surface area contributed by atoms with Crippen LogP contribution in [-0.4, -0.2) is 6.29 Å². The zero-order valence-corrected chi connectivity index (χ0v) is 11.4. The van der Waals surface area contributed by atoms with Gasteiger partial charge in [-0.2, -0.15) is 0 Å². The van der Waals surface area contributed by atoms with E-state index in [4.69, 9.17) is 0 Å². The second kappa shape index (κ2) is 6.56. The largest absolute Gasteiger partial charge is 0.303 e. The molecule has 0 radical (unpaired) electrons. The fraction of sp³-hybridized carbons (Fsp3) is 0.938. The first-order valence-electron chi connectivity index (χ1n) is 7.78. The summed E-state index contributed by atoms with van der Waals surface area (Å²) in [5, 5.41) is 0. The predicted octanol–water partition coefficient (Wildman–Crippen LogP) is 4.60. The van der Waals surface area contributed by atoms with Crippen molar-refractivity contribution in [1.82, 2.24) is 0 Å². The Kier molecular flexibility index (Phi) is 5.06. The van der Waals surface area contributed by atoms with E-state index in [2.05, 4.69) is 6.92 Å². The van der Waals surface area contributed by atoms with Gasteiger partial charge < -0.3 is 4.79 Å². The summed E-state index contributed by atoms with van der Waals surface area (Å²) in [6, 6.07) is 0. The fourth-order valence-electron chi connectivity index (χ4n) is 4.18. The molecule has 2 atom stereocenters. The van der Waals surface area contributed by atoms with Crippen LogP contribution in [0.3, 0.4) is 0 Å². The number of rotatable bonds is 4. The van der Waals surface area contributed by atoms with E-state index >= 15 is 0 Å². The molecule has 0 aliphatic heterocycles. The van der Waals surface area contributed by atoms with Crippen LogP contribution in [0.1, 0.15) is 71.1 Å². The first-order valence-corrected chi connectivity index (χ1v) is 7.78. The SMILES string of the molecule is CCCC1CCC(C2CCCC(C=O)C2)CC1. The normalized spacial score (nSPS) is 38.9. The zero-order valence-electron chi connectivity index (χ0n) is 11.4. The van der Waals surface area contributed by atoms with E-state index in [1.165, 1.54) is 64.1 Å². The summed E-state index contributed by atoms with van der Waals surface area (Å²) in [7, 11) is 0. The van der Waals surface area contributed by atoms with Crippen molar-refractivity contribution in [1.29, 1.82) is 0 Å². The standard InChI is InChI=1S/C16H28O/c1-2-4-13-7-9-15(10-8-13)16-6-3-5-14(11-16)12-17/h12-16H,2-11H2,1H3. The monoisotopic (exact) mass is 236 g/mol. The summed E-state index contributed by atoms with van der Waals surface area (Å²) in [5.41, 5.74) is 0. The van der Waals surface area contributed by atoms with Gasteiger partial charge in [0.2, 0.25) is 0 Å². The lowest BCUT2D eigenvalue weighted by Gasteiger charge is -2.37. The average Bonchev–Trinajstić information content (AvgIpc) is 2.40.